The summed E-state index contributed by atoms with van der Waals surface area (Å²) in [5.41, 5.74) is 3.84. The molecule has 0 bridgehead atoms. The maximum Gasteiger partial charge on any atom is 0.253 e. The van der Waals surface area contributed by atoms with Crippen LogP contribution in [0.2, 0.25) is 0 Å². The van der Waals surface area contributed by atoms with E-state index in [1.54, 1.807) is 12.1 Å². The van der Waals surface area contributed by atoms with E-state index in [0.717, 1.165) is 16.8 Å². The van der Waals surface area contributed by atoms with E-state index in [-0.39, 0.29) is 18.2 Å². The molecule has 0 radical (unpaired) electrons. The normalized spacial score (nSPS) is 16.7. The van der Waals surface area contributed by atoms with Crippen molar-refractivity contribution in [2.24, 2.45) is 0 Å². The first-order valence-corrected chi connectivity index (χ1v) is 9.02. The summed E-state index contributed by atoms with van der Waals surface area (Å²) in [4.78, 5) is 24.8. The topological polar surface area (TPSA) is 58.2 Å². The van der Waals surface area contributed by atoms with Gasteiger partial charge in [0.15, 0.2) is 0 Å². The number of carbonyl (C=O) groups is 2. The lowest BCUT2D eigenvalue weighted by molar-refractivity contribution is -0.121. The van der Waals surface area contributed by atoms with Gasteiger partial charge in [0, 0.05) is 29.8 Å². The second kappa shape index (κ2) is 7.74. The molecule has 27 heavy (non-hydrogen) atoms. The first kappa shape index (κ1) is 18.8. The van der Waals surface area contributed by atoms with Crippen molar-refractivity contribution < 1.29 is 14.0 Å². The quantitative estimate of drug-likeness (QED) is 0.843. The highest BCUT2D eigenvalue weighted by Gasteiger charge is 2.29. The minimum Gasteiger partial charge on any atom is -0.332 e. The van der Waals surface area contributed by atoms with Crippen LogP contribution in [0.1, 0.15) is 48.8 Å². The minimum atomic E-state index is -0.483. The Labute approximate surface area is 158 Å². The van der Waals surface area contributed by atoms with E-state index in [1.807, 2.05) is 25.1 Å². The molecule has 0 saturated carbocycles. The van der Waals surface area contributed by atoms with Crippen LogP contribution in [0.3, 0.4) is 0 Å². The predicted octanol–water partition coefficient (Wildman–Crippen LogP) is 4.38. The summed E-state index contributed by atoms with van der Waals surface area (Å²) in [6, 6.07) is 12.0. The summed E-state index contributed by atoms with van der Waals surface area (Å²) in [5, 5.41) is 5.55. The van der Waals surface area contributed by atoms with Gasteiger partial charge in [-0.25, -0.2) is 4.39 Å². The molecule has 2 amide bonds. The molecule has 4 nitrogen and oxygen atoms in total. The highest BCUT2D eigenvalue weighted by Crippen LogP contribution is 2.32. The molecule has 2 N–H and O–H groups in total. The zero-order chi connectivity index (χ0) is 19.6. The molecule has 0 aliphatic carbocycles. The summed E-state index contributed by atoms with van der Waals surface area (Å²) in [6.07, 6.45) is 1.53. The summed E-state index contributed by atoms with van der Waals surface area (Å²) in [6.45, 7) is 6.12. The third-order valence-electron chi connectivity index (χ3n) is 4.84. The van der Waals surface area contributed by atoms with Crippen LogP contribution in [0.25, 0.3) is 0 Å². The zero-order valence-corrected chi connectivity index (χ0v) is 15.7. The van der Waals surface area contributed by atoms with Crippen LogP contribution in [0.4, 0.5) is 10.1 Å². The summed E-state index contributed by atoms with van der Waals surface area (Å²) in [5.74, 6) is -1.02. The summed E-state index contributed by atoms with van der Waals surface area (Å²) >= 11 is 0. The van der Waals surface area contributed by atoms with Crippen molar-refractivity contribution in [3.8, 4) is 0 Å². The average molecular weight is 366 g/mol. The van der Waals surface area contributed by atoms with Crippen molar-refractivity contribution in [1.29, 1.82) is 0 Å². The minimum absolute atomic E-state index is 0.105. The van der Waals surface area contributed by atoms with Crippen molar-refractivity contribution in [3.05, 3.63) is 76.7 Å². The molecular weight excluding hydrogens is 343 g/mol. The Morgan fingerprint density at radius 3 is 2.70 bits per heavy atom. The molecule has 5 heteroatoms. The number of amides is 2. The van der Waals surface area contributed by atoms with E-state index < -0.39 is 11.7 Å². The Morgan fingerprint density at radius 1 is 1.22 bits per heavy atom. The van der Waals surface area contributed by atoms with Gasteiger partial charge >= 0.3 is 0 Å². The number of carbonyl (C=O) groups excluding carboxylic acids is 2. The molecule has 1 atom stereocenters. The fraction of sp³-hybridized carbons (Fsp3) is 0.273. The number of nitrogens with one attached hydrogen (secondary N) is 2. The van der Waals surface area contributed by atoms with E-state index in [9.17, 15) is 14.0 Å². The molecule has 2 aromatic rings. The zero-order valence-electron chi connectivity index (χ0n) is 15.7. The van der Waals surface area contributed by atoms with E-state index in [4.69, 9.17) is 0 Å². The second-order valence-electron chi connectivity index (χ2n) is 7.16. The van der Waals surface area contributed by atoms with Gasteiger partial charge < -0.3 is 10.6 Å². The van der Waals surface area contributed by atoms with Crippen molar-refractivity contribution in [2.45, 2.75) is 39.0 Å². The van der Waals surface area contributed by atoms with E-state index in [1.165, 1.54) is 18.3 Å². The van der Waals surface area contributed by atoms with Crippen molar-refractivity contribution >= 4 is 17.5 Å². The molecule has 1 aliphatic heterocycles. The highest BCUT2D eigenvalue weighted by molar-refractivity contribution is 6.06. The van der Waals surface area contributed by atoms with Crippen LogP contribution >= 0.6 is 0 Å². The summed E-state index contributed by atoms with van der Waals surface area (Å²) < 4.78 is 13.6. The van der Waals surface area contributed by atoms with Gasteiger partial charge in [-0.3, -0.25) is 9.59 Å². The van der Waals surface area contributed by atoms with E-state index in [0.29, 0.717) is 17.1 Å². The Balaban J connectivity index is 1.90. The van der Waals surface area contributed by atoms with Gasteiger partial charge in [-0.05, 0) is 47.7 Å². The second-order valence-corrected chi connectivity index (χ2v) is 7.16. The third kappa shape index (κ3) is 4.25. The molecule has 1 heterocycles. The number of rotatable bonds is 4. The standard InChI is InChI=1S/C22H23FN2O2/c1-13(2)15-8-7-14(3)20(10-15)25-22(27)19-12-24-21(26)11-18(19)16-5-4-6-17(23)9-16/h4-10,12-13,18H,11H2,1-3H3,(H,24,26)(H,25,27). The molecule has 2 aromatic carbocycles. The van der Waals surface area contributed by atoms with E-state index in [2.05, 4.69) is 24.5 Å². The van der Waals surface area contributed by atoms with Crippen molar-refractivity contribution in [3.63, 3.8) is 0 Å². The number of anilines is 1. The number of benzene rings is 2. The number of aryl methyl sites for hydroxylation is 1. The molecule has 0 spiro atoms. The SMILES string of the molecule is Cc1ccc(C(C)C)cc1NC(=O)C1=CNC(=O)CC1c1cccc(F)c1. The Kier molecular flexibility index (Phi) is 5.40. The Morgan fingerprint density at radius 2 is 2.00 bits per heavy atom. The predicted molar refractivity (Wildman–Crippen MR) is 104 cm³/mol. The van der Waals surface area contributed by atoms with Crippen LogP contribution in [0, 0.1) is 12.7 Å². The molecule has 1 unspecified atom stereocenters. The Bertz CT molecular complexity index is 918. The highest BCUT2D eigenvalue weighted by atomic mass is 19.1. The van der Waals surface area contributed by atoms with Gasteiger partial charge in [0.25, 0.3) is 5.91 Å². The molecule has 0 fully saturated rings. The number of hydrogen-bond acceptors (Lipinski definition) is 2. The lowest BCUT2D eigenvalue weighted by atomic mass is 9.86. The van der Waals surface area contributed by atoms with Gasteiger partial charge in [0.1, 0.15) is 5.82 Å². The van der Waals surface area contributed by atoms with Gasteiger partial charge in [-0.2, -0.15) is 0 Å². The largest absolute Gasteiger partial charge is 0.332 e. The van der Waals surface area contributed by atoms with E-state index >= 15 is 0 Å². The molecule has 0 saturated heterocycles. The molecule has 3 rings (SSSR count). The first-order chi connectivity index (χ1) is 12.8. The lowest BCUT2D eigenvalue weighted by Gasteiger charge is -2.24. The van der Waals surface area contributed by atoms with Crippen LogP contribution < -0.4 is 10.6 Å². The monoisotopic (exact) mass is 366 g/mol. The van der Waals surface area contributed by atoms with Crippen molar-refractivity contribution in [2.75, 3.05) is 5.32 Å². The van der Waals surface area contributed by atoms with Crippen LogP contribution in [0.5, 0.6) is 0 Å². The fourth-order valence-electron chi connectivity index (χ4n) is 3.19. The smallest absolute Gasteiger partial charge is 0.253 e. The van der Waals surface area contributed by atoms with Crippen LogP contribution in [0.15, 0.2) is 54.2 Å². The van der Waals surface area contributed by atoms with Gasteiger partial charge in [-0.15, -0.1) is 0 Å². The first-order valence-electron chi connectivity index (χ1n) is 9.02. The fourth-order valence-corrected chi connectivity index (χ4v) is 3.19. The molecule has 1 aliphatic rings. The number of halogens is 1. The molecular formula is C22H23FN2O2. The third-order valence-corrected chi connectivity index (χ3v) is 4.84. The van der Waals surface area contributed by atoms with Crippen molar-refractivity contribution in [1.82, 2.24) is 5.32 Å². The lowest BCUT2D eigenvalue weighted by Crippen LogP contribution is -2.32. The van der Waals surface area contributed by atoms with Gasteiger partial charge in [-0.1, -0.05) is 38.1 Å². The maximum atomic E-state index is 13.6. The van der Waals surface area contributed by atoms with Gasteiger partial charge in [0.2, 0.25) is 5.91 Å². The van der Waals surface area contributed by atoms with Gasteiger partial charge in [0.05, 0.1) is 0 Å². The maximum absolute atomic E-state index is 13.6. The average Bonchev–Trinajstić information content (AvgIpc) is 2.63. The van der Waals surface area contributed by atoms with Crippen LogP contribution in [-0.2, 0) is 9.59 Å². The van der Waals surface area contributed by atoms with Crippen LogP contribution in [-0.4, -0.2) is 11.8 Å². The Hall–Kier alpha value is -2.95. The molecule has 0 aromatic heterocycles. The number of hydrogen-bond donors (Lipinski definition) is 2. The molecule has 140 valence electrons. The summed E-state index contributed by atoms with van der Waals surface area (Å²) in [7, 11) is 0.